The summed E-state index contributed by atoms with van der Waals surface area (Å²) in [4.78, 5) is 6.80. The molecule has 38 heavy (non-hydrogen) atoms. The molecule has 0 radical (unpaired) electrons. The van der Waals surface area contributed by atoms with Gasteiger partial charge in [0.15, 0.2) is 23.1 Å². The Morgan fingerprint density at radius 1 is 1.00 bits per heavy atom. The van der Waals surface area contributed by atoms with E-state index in [1.165, 1.54) is 11.6 Å². The van der Waals surface area contributed by atoms with Gasteiger partial charge in [-0.05, 0) is 62.1 Å². The van der Waals surface area contributed by atoms with Gasteiger partial charge in [0.05, 0.1) is 13.7 Å². The number of aromatic nitrogens is 2. The number of methoxy groups -OCH3 is 2. The Morgan fingerprint density at radius 3 is 2.66 bits per heavy atom. The molecule has 1 aromatic heterocycles. The topological polar surface area (TPSA) is 58.0 Å². The van der Waals surface area contributed by atoms with Crippen LogP contribution >= 0.6 is 0 Å². The van der Waals surface area contributed by atoms with E-state index in [9.17, 15) is 4.39 Å². The zero-order valence-corrected chi connectivity index (χ0v) is 22.8. The van der Waals surface area contributed by atoms with E-state index in [1.54, 1.807) is 32.4 Å². The average molecular weight is 526 g/mol. The van der Waals surface area contributed by atoms with Crippen LogP contribution in [0.3, 0.4) is 0 Å². The van der Waals surface area contributed by atoms with Gasteiger partial charge in [0.25, 0.3) is 0 Å². The fraction of sp³-hybridized carbons (Fsp3) is 0.500. The molecule has 206 valence electrons. The Morgan fingerprint density at radius 2 is 1.87 bits per heavy atom. The van der Waals surface area contributed by atoms with Gasteiger partial charge in [-0.25, -0.2) is 9.37 Å². The summed E-state index contributed by atoms with van der Waals surface area (Å²) < 4.78 is 39.7. The Hall–Kier alpha value is -3.10. The first-order valence-electron chi connectivity index (χ1n) is 13.5. The molecule has 0 N–H and O–H groups in total. The normalized spacial score (nSPS) is 18.2. The third kappa shape index (κ3) is 7.26. The standard InChI is InChI=1S/C30H40FN3O4/c1-4-29-32-15-19-34(29)17-8-20-37-27-12-11-24(21-28(27)35-2)22-33-16-7-13-30(36-3,14-18-33)23-38-26-10-6-5-9-25(26)31/h5-6,9-12,15,19,21H,4,7-8,13-14,16-18,20,22-23H2,1-3H3/t30-/m0/s1. The number of ether oxygens (including phenoxy) is 4. The van der Waals surface area contributed by atoms with Gasteiger partial charge < -0.3 is 23.5 Å². The van der Waals surface area contributed by atoms with E-state index in [-0.39, 0.29) is 11.6 Å². The fourth-order valence-corrected chi connectivity index (χ4v) is 5.02. The molecule has 1 saturated heterocycles. The lowest BCUT2D eigenvalue weighted by Gasteiger charge is -2.31. The molecule has 4 rings (SSSR count). The summed E-state index contributed by atoms with van der Waals surface area (Å²) in [7, 11) is 3.40. The molecule has 0 spiro atoms. The van der Waals surface area contributed by atoms with Gasteiger partial charge in [0, 0.05) is 45.6 Å². The highest BCUT2D eigenvalue weighted by atomic mass is 19.1. The number of hydrogen-bond donors (Lipinski definition) is 0. The quantitative estimate of drug-likeness (QED) is 0.274. The highest BCUT2D eigenvalue weighted by molar-refractivity contribution is 5.43. The summed E-state index contributed by atoms with van der Waals surface area (Å²) in [5.74, 6) is 2.53. The molecule has 2 heterocycles. The molecule has 0 aliphatic carbocycles. The first-order chi connectivity index (χ1) is 18.6. The van der Waals surface area contributed by atoms with Crippen molar-refractivity contribution in [3.05, 3.63) is 72.1 Å². The largest absolute Gasteiger partial charge is 0.493 e. The van der Waals surface area contributed by atoms with Crippen LogP contribution in [0.2, 0.25) is 0 Å². The molecule has 8 heteroatoms. The molecule has 1 fully saturated rings. The minimum atomic E-state index is -0.430. The predicted molar refractivity (Wildman–Crippen MR) is 145 cm³/mol. The number of imidazole rings is 1. The molecule has 1 atom stereocenters. The van der Waals surface area contributed by atoms with Gasteiger partial charge in [-0.2, -0.15) is 0 Å². The zero-order chi connectivity index (χ0) is 26.8. The van der Waals surface area contributed by atoms with Crippen molar-refractivity contribution in [1.29, 1.82) is 0 Å². The number of nitrogens with zero attached hydrogens (tertiary/aromatic N) is 3. The lowest BCUT2D eigenvalue weighted by atomic mass is 9.95. The van der Waals surface area contributed by atoms with Crippen molar-refractivity contribution in [3.63, 3.8) is 0 Å². The summed E-state index contributed by atoms with van der Waals surface area (Å²) >= 11 is 0. The van der Waals surface area contributed by atoms with Crippen molar-refractivity contribution >= 4 is 0 Å². The number of para-hydroxylation sites is 1. The van der Waals surface area contributed by atoms with Gasteiger partial charge >= 0.3 is 0 Å². The van der Waals surface area contributed by atoms with Crippen LogP contribution in [0, 0.1) is 5.82 Å². The Balaban J connectivity index is 1.29. The highest BCUT2D eigenvalue weighted by Crippen LogP contribution is 2.31. The van der Waals surface area contributed by atoms with E-state index in [2.05, 4.69) is 33.5 Å². The summed E-state index contributed by atoms with van der Waals surface area (Å²) in [6.07, 6.45) is 8.34. The van der Waals surface area contributed by atoms with E-state index >= 15 is 0 Å². The highest BCUT2D eigenvalue weighted by Gasteiger charge is 2.34. The second-order valence-electron chi connectivity index (χ2n) is 9.81. The molecule has 0 bridgehead atoms. The fourth-order valence-electron chi connectivity index (χ4n) is 5.02. The number of rotatable bonds is 13. The third-order valence-electron chi connectivity index (χ3n) is 7.30. The van der Waals surface area contributed by atoms with Gasteiger partial charge in [-0.3, -0.25) is 4.90 Å². The zero-order valence-electron chi connectivity index (χ0n) is 22.8. The maximum absolute atomic E-state index is 14.0. The molecule has 0 unspecified atom stereocenters. The van der Waals surface area contributed by atoms with Crippen molar-refractivity contribution in [1.82, 2.24) is 14.5 Å². The average Bonchev–Trinajstić information content (AvgIpc) is 3.31. The predicted octanol–water partition coefficient (Wildman–Crippen LogP) is 5.51. The van der Waals surface area contributed by atoms with Crippen LogP contribution in [0.15, 0.2) is 54.9 Å². The smallest absolute Gasteiger partial charge is 0.165 e. The monoisotopic (exact) mass is 525 g/mol. The number of halogens is 1. The summed E-state index contributed by atoms with van der Waals surface area (Å²) in [5.41, 5.74) is 0.744. The lowest BCUT2D eigenvalue weighted by molar-refractivity contribution is -0.0548. The summed E-state index contributed by atoms with van der Waals surface area (Å²) in [6.45, 7) is 6.57. The van der Waals surface area contributed by atoms with Crippen molar-refractivity contribution < 1.29 is 23.3 Å². The van der Waals surface area contributed by atoms with E-state index < -0.39 is 5.60 Å². The van der Waals surface area contributed by atoms with Crippen molar-refractivity contribution in [2.24, 2.45) is 0 Å². The second-order valence-corrected chi connectivity index (χ2v) is 9.81. The van der Waals surface area contributed by atoms with Crippen LogP contribution in [0.5, 0.6) is 17.2 Å². The summed E-state index contributed by atoms with van der Waals surface area (Å²) in [5, 5.41) is 0. The molecule has 3 aromatic rings. The number of hydrogen-bond acceptors (Lipinski definition) is 6. The minimum Gasteiger partial charge on any atom is -0.493 e. The molecule has 2 aromatic carbocycles. The molecular formula is C30H40FN3O4. The summed E-state index contributed by atoms with van der Waals surface area (Å²) in [6, 6.07) is 12.7. The van der Waals surface area contributed by atoms with Crippen LogP contribution in [0.4, 0.5) is 4.39 Å². The SMILES string of the molecule is CCc1nccn1CCCOc1ccc(CN2CCC[C@](COc3ccccc3F)(OC)CC2)cc1OC. The van der Waals surface area contributed by atoms with E-state index in [0.29, 0.717) is 13.2 Å². The lowest BCUT2D eigenvalue weighted by Crippen LogP contribution is -2.39. The van der Waals surface area contributed by atoms with Gasteiger partial charge in [-0.15, -0.1) is 0 Å². The van der Waals surface area contributed by atoms with Crippen molar-refractivity contribution in [2.45, 2.75) is 57.7 Å². The number of benzene rings is 2. The van der Waals surface area contributed by atoms with Crippen LogP contribution in [-0.4, -0.2) is 60.6 Å². The van der Waals surface area contributed by atoms with Gasteiger partial charge in [-0.1, -0.05) is 25.1 Å². The minimum absolute atomic E-state index is 0.270. The number of aryl methyl sites for hydroxylation is 2. The Kier molecular flexibility index (Phi) is 10.0. The molecule has 0 saturated carbocycles. The van der Waals surface area contributed by atoms with Gasteiger partial charge in [0.1, 0.15) is 18.0 Å². The molecule has 1 aliphatic rings. The second kappa shape index (κ2) is 13.6. The Labute approximate surface area is 225 Å². The molecule has 1 aliphatic heterocycles. The van der Waals surface area contributed by atoms with Crippen molar-refractivity contribution in [2.75, 3.05) is 40.5 Å². The van der Waals surface area contributed by atoms with Crippen LogP contribution < -0.4 is 14.2 Å². The molecular weight excluding hydrogens is 485 g/mol. The van der Waals surface area contributed by atoms with Crippen LogP contribution in [-0.2, 0) is 24.2 Å². The van der Waals surface area contributed by atoms with E-state index in [0.717, 1.165) is 75.6 Å². The van der Waals surface area contributed by atoms with Crippen molar-refractivity contribution in [3.8, 4) is 17.2 Å². The number of likely N-dealkylation sites (tertiary alicyclic amines) is 1. The maximum atomic E-state index is 14.0. The first-order valence-corrected chi connectivity index (χ1v) is 13.5. The maximum Gasteiger partial charge on any atom is 0.165 e. The molecule has 0 amide bonds. The first kappa shape index (κ1) is 27.9. The Bertz CT molecular complexity index is 1150. The van der Waals surface area contributed by atoms with Crippen LogP contribution in [0.1, 0.15) is 44.0 Å². The molecule has 7 nitrogen and oxygen atoms in total. The van der Waals surface area contributed by atoms with E-state index in [1.807, 2.05) is 18.5 Å². The third-order valence-corrected chi connectivity index (χ3v) is 7.30. The van der Waals surface area contributed by atoms with Crippen LogP contribution in [0.25, 0.3) is 0 Å². The van der Waals surface area contributed by atoms with Gasteiger partial charge in [0.2, 0.25) is 0 Å². The van der Waals surface area contributed by atoms with E-state index in [4.69, 9.17) is 18.9 Å².